The molecule has 0 fully saturated rings. The van der Waals surface area contributed by atoms with Crippen LogP contribution >= 0.6 is 0 Å². The van der Waals surface area contributed by atoms with Gasteiger partial charge < -0.3 is 10.5 Å². The Morgan fingerprint density at radius 2 is 2.07 bits per heavy atom. The zero-order chi connectivity index (χ0) is 11.1. The van der Waals surface area contributed by atoms with E-state index >= 15 is 0 Å². The zero-order valence-corrected chi connectivity index (χ0v) is 8.95. The van der Waals surface area contributed by atoms with Crippen LogP contribution in [0.2, 0.25) is 0 Å². The minimum atomic E-state index is -0.392. The summed E-state index contributed by atoms with van der Waals surface area (Å²) in [6, 6.07) is -0.357. The van der Waals surface area contributed by atoms with Gasteiger partial charge in [-0.25, -0.2) is 0 Å². The fraction of sp³-hybridized carbons (Fsp3) is 0.778. The van der Waals surface area contributed by atoms with E-state index in [0.29, 0.717) is 13.2 Å². The second-order valence-electron chi connectivity index (χ2n) is 3.11. The van der Waals surface area contributed by atoms with E-state index in [9.17, 15) is 9.59 Å². The number of primary amides is 1. The van der Waals surface area contributed by atoms with Gasteiger partial charge in [0.15, 0.2) is 0 Å². The first-order valence-corrected chi connectivity index (χ1v) is 4.64. The Morgan fingerprint density at radius 3 is 2.50 bits per heavy atom. The standard InChI is InChI=1S/C9H18N2O3/c1-4-14-8(12)5-6-11(3)7(2)9(10)13/h7H,4-6H2,1-3H3,(H2,10,13). The first-order valence-electron chi connectivity index (χ1n) is 4.64. The molecule has 1 unspecified atom stereocenters. The topological polar surface area (TPSA) is 72.6 Å². The molecular weight excluding hydrogens is 184 g/mol. The van der Waals surface area contributed by atoms with Crippen LogP contribution in [0, 0.1) is 0 Å². The van der Waals surface area contributed by atoms with Gasteiger partial charge in [0.2, 0.25) is 5.91 Å². The van der Waals surface area contributed by atoms with Gasteiger partial charge in [0.25, 0.3) is 0 Å². The number of hydrogen-bond donors (Lipinski definition) is 1. The molecule has 0 saturated carbocycles. The maximum Gasteiger partial charge on any atom is 0.307 e. The summed E-state index contributed by atoms with van der Waals surface area (Å²) in [7, 11) is 1.74. The molecule has 0 aliphatic heterocycles. The van der Waals surface area contributed by atoms with E-state index in [1.165, 1.54) is 0 Å². The smallest absolute Gasteiger partial charge is 0.307 e. The average molecular weight is 202 g/mol. The summed E-state index contributed by atoms with van der Waals surface area (Å²) in [6.45, 7) is 4.32. The normalized spacial score (nSPS) is 12.6. The number of hydrogen-bond acceptors (Lipinski definition) is 4. The van der Waals surface area contributed by atoms with E-state index in [4.69, 9.17) is 10.5 Å². The van der Waals surface area contributed by atoms with Gasteiger partial charge in [0, 0.05) is 6.54 Å². The minimum Gasteiger partial charge on any atom is -0.466 e. The maximum absolute atomic E-state index is 11.0. The highest BCUT2D eigenvalue weighted by atomic mass is 16.5. The fourth-order valence-electron chi connectivity index (χ4n) is 0.912. The molecule has 0 radical (unpaired) electrons. The van der Waals surface area contributed by atoms with E-state index < -0.39 is 5.91 Å². The summed E-state index contributed by atoms with van der Waals surface area (Å²) >= 11 is 0. The number of likely N-dealkylation sites (N-methyl/N-ethyl adjacent to an activating group) is 1. The number of amides is 1. The number of ether oxygens (including phenoxy) is 1. The first-order chi connectivity index (χ1) is 6.49. The van der Waals surface area contributed by atoms with Crippen LogP contribution in [0.25, 0.3) is 0 Å². The predicted molar refractivity (Wildman–Crippen MR) is 52.5 cm³/mol. The molecule has 5 nitrogen and oxygen atoms in total. The Morgan fingerprint density at radius 1 is 1.50 bits per heavy atom. The predicted octanol–water partition coefficient (Wildman–Crippen LogP) is -0.255. The van der Waals surface area contributed by atoms with Crippen molar-refractivity contribution >= 4 is 11.9 Å². The molecule has 0 rings (SSSR count). The SMILES string of the molecule is CCOC(=O)CCN(C)C(C)C(N)=O. The van der Waals surface area contributed by atoms with Crippen molar-refractivity contribution in [3.63, 3.8) is 0 Å². The highest BCUT2D eigenvalue weighted by Crippen LogP contribution is 1.97. The highest BCUT2D eigenvalue weighted by Gasteiger charge is 2.15. The van der Waals surface area contributed by atoms with Gasteiger partial charge in [-0.1, -0.05) is 0 Å². The van der Waals surface area contributed by atoms with E-state index in [1.807, 2.05) is 0 Å². The minimum absolute atomic E-state index is 0.254. The van der Waals surface area contributed by atoms with Crippen LogP contribution in [0.3, 0.4) is 0 Å². The lowest BCUT2D eigenvalue weighted by molar-refractivity contribution is -0.143. The Labute approximate surface area is 84.2 Å². The Bertz CT molecular complexity index is 206. The van der Waals surface area contributed by atoms with Crippen LogP contribution < -0.4 is 5.73 Å². The Balaban J connectivity index is 3.78. The largest absolute Gasteiger partial charge is 0.466 e. The number of carbonyl (C=O) groups is 2. The van der Waals surface area contributed by atoms with Crippen molar-refractivity contribution in [3.8, 4) is 0 Å². The van der Waals surface area contributed by atoms with Gasteiger partial charge >= 0.3 is 5.97 Å². The molecule has 14 heavy (non-hydrogen) atoms. The number of nitrogens with zero attached hydrogens (tertiary/aromatic N) is 1. The molecule has 0 aromatic rings. The van der Waals surface area contributed by atoms with Crippen molar-refractivity contribution in [2.24, 2.45) is 5.73 Å². The Hall–Kier alpha value is -1.10. The lowest BCUT2D eigenvalue weighted by Gasteiger charge is -2.20. The van der Waals surface area contributed by atoms with Crippen LogP contribution in [0.1, 0.15) is 20.3 Å². The maximum atomic E-state index is 11.0. The molecular formula is C9H18N2O3. The average Bonchev–Trinajstić information content (AvgIpc) is 2.13. The molecule has 82 valence electrons. The van der Waals surface area contributed by atoms with Gasteiger partial charge in [-0.05, 0) is 20.9 Å². The molecule has 0 spiro atoms. The summed E-state index contributed by atoms with van der Waals surface area (Å²) in [6.07, 6.45) is 0.280. The molecule has 0 aromatic carbocycles. The molecule has 0 aliphatic rings. The molecule has 0 saturated heterocycles. The fourth-order valence-corrected chi connectivity index (χ4v) is 0.912. The lowest BCUT2D eigenvalue weighted by Crippen LogP contribution is -2.41. The van der Waals surface area contributed by atoms with Crippen LogP contribution in [0.5, 0.6) is 0 Å². The van der Waals surface area contributed by atoms with E-state index in [-0.39, 0.29) is 18.4 Å². The van der Waals surface area contributed by atoms with Crippen molar-refractivity contribution in [2.45, 2.75) is 26.3 Å². The van der Waals surface area contributed by atoms with Crippen LogP contribution in [0.15, 0.2) is 0 Å². The third kappa shape index (κ3) is 4.81. The molecule has 0 heterocycles. The second-order valence-corrected chi connectivity index (χ2v) is 3.11. The number of esters is 1. The van der Waals surface area contributed by atoms with Crippen LogP contribution in [0.4, 0.5) is 0 Å². The summed E-state index contributed by atoms with van der Waals surface area (Å²) in [5.41, 5.74) is 5.11. The van der Waals surface area contributed by atoms with Crippen molar-refractivity contribution in [2.75, 3.05) is 20.2 Å². The second kappa shape index (κ2) is 6.37. The number of carbonyl (C=O) groups excluding carboxylic acids is 2. The van der Waals surface area contributed by atoms with Gasteiger partial charge in [0.05, 0.1) is 19.1 Å². The van der Waals surface area contributed by atoms with Crippen molar-refractivity contribution in [1.29, 1.82) is 0 Å². The number of nitrogens with two attached hydrogens (primary N) is 1. The first kappa shape index (κ1) is 12.9. The van der Waals surface area contributed by atoms with Crippen molar-refractivity contribution in [3.05, 3.63) is 0 Å². The quantitative estimate of drug-likeness (QED) is 0.602. The van der Waals surface area contributed by atoms with Gasteiger partial charge in [-0.2, -0.15) is 0 Å². The van der Waals surface area contributed by atoms with Crippen molar-refractivity contribution in [1.82, 2.24) is 4.90 Å². The monoisotopic (exact) mass is 202 g/mol. The van der Waals surface area contributed by atoms with Gasteiger partial charge in [-0.15, -0.1) is 0 Å². The summed E-state index contributed by atoms with van der Waals surface area (Å²) in [5, 5.41) is 0. The van der Waals surface area contributed by atoms with Crippen LogP contribution in [-0.4, -0.2) is 43.0 Å². The van der Waals surface area contributed by atoms with E-state index in [0.717, 1.165) is 0 Å². The van der Waals surface area contributed by atoms with Crippen LogP contribution in [-0.2, 0) is 14.3 Å². The summed E-state index contributed by atoms with van der Waals surface area (Å²) in [5.74, 6) is -0.646. The lowest BCUT2D eigenvalue weighted by atomic mass is 10.2. The molecule has 5 heteroatoms. The zero-order valence-electron chi connectivity index (χ0n) is 8.95. The third-order valence-electron chi connectivity index (χ3n) is 2.05. The molecule has 1 atom stereocenters. The highest BCUT2D eigenvalue weighted by molar-refractivity contribution is 5.79. The number of rotatable bonds is 6. The molecule has 2 N–H and O–H groups in total. The van der Waals surface area contributed by atoms with Crippen molar-refractivity contribution < 1.29 is 14.3 Å². The summed E-state index contributed by atoms with van der Waals surface area (Å²) < 4.78 is 4.75. The Kier molecular flexibility index (Phi) is 5.87. The molecule has 0 aliphatic carbocycles. The molecule has 0 bridgehead atoms. The van der Waals surface area contributed by atoms with E-state index in [2.05, 4.69) is 0 Å². The molecule has 1 amide bonds. The molecule has 0 aromatic heterocycles. The summed E-state index contributed by atoms with van der Waals surface area (Å²) in [4.78, 5) is 23.5. The van der Waals surface area contributed by atoms with Gasteiger partial charge in [-0.3, -0.25) is 14.5 Å². The third-order valence-corrected chi connectivity index (χ3v) is 2.05. The van der Waals surface area contributed by atoms with E-state index in [1.54, 1.807) is 25.8 Å². The van der Waals surface area contributed by atoms with Gasteiger partial charge in [0.1, 0.15) is 0 Å².